The Hall–Kier alpha value is -2.55. The van der Waals surface area contributed by atoms with Crippen LogP contribution in [-0.2, 0) is 14.3 Å². The molecule has 0 aromatic rings. The molecule has 182 valence electrons. The summed E-state index contributed by atoms with van der Waals surface area (Å²) in [6, 6.07) is -1.82. The number of nitrogens with zero attached hydrogens (tertiary/aromatic N) is 1. The van der Waals surface area contributed by atoms with E-state index in [2.05, 4.69) is 17.2 Å². The van der Waals surface area contributed by atoms with Crippen molar-refractivity contribution in [2.75, 3.05) is 13.1 Å². The molecule has 1 unspecified atom stereocenters. The van der Waals surface area contributed by atoms with E-state index in [0.717, 1.165) is 0 Å². The molecule has 3 amide bonds. The average Bonchev–Trinajstić information content (AvgIpc) is 3.19. The van der Waals surface area contributed by atoms with Crippen LogP contribution in [0.25, 0.3) is 0 Å². The molecular formula is C23H40N4O5. The highest BCUT2D eigenvalue weighted by Crippen LogP contribution is 2.21. The van der Waals surface area contributed by atoms with E-state index >= 15 is 0 Å². The third-order valence-corrected chi connectivity index (χ3v) is 5.16. The number of nitrogens with one attached hydrogen (secondary N) is 2. The Kier molecular flexibility index (Phi) is 10.7. The van der Waals surface area contributed by atoms with E-state index in [4.69, 9.17) is 10.5 Å². The van der Waals surface area contributed by atoms with Gasteiger partial charge in [0.2, 0.25) is 11.8 Å². The first-order valence-corrected chi connectivity index (χ1v) is 11.2. The molecule has 5 N–H and O–H groups in total. The molecule has 0 aromatic carbocycles. The van der Waals surface area contributed by atoms with Gasteiger partial charge in [0.25, 0.3) is 0 Å². The summed E-state index contributed by atoms with van der Waals surface area (Å²) in [4.78, 5) is 39.7. The van der Waals surface area contributed by atoms with Gasteiger partial charge in [0.1, 0.15) is 17.7 Å². The lowest BCUT2D eigenvalue weighted by atomic mass is 10.1. The lowest BCUT2D eigenvalue weighted by molar-refractivity contribution is -0.131. The fraction of sp³-hybridized carbons (Fsp3) is 0.696. The number of nitrogens with two attached hydrogens (primary N) is 1. The molecule has 1 saturated heterocycles. The van der Waals surface area contributed by atoms with Crippen molar-refractivity contribution in [1.29, 1.82) is 0 Å². The highest BCUT2D eigenvalue weighted by molar-refractivity contribution is 5.91. The van der Waals surface area contributed by atoms with Crippen molar-refractivity contribution >= 4 is 17.9 Å². The van der Waals surface area contributed by atoms with Gasteiger partial charge >= 0.3 is 6.09 Å². The van der Waals surface area contributed by atoms with E-state index in [1.165, 1.54) is 4.90 Å². The van der Waals surface area contributed by atoms with Gasteiger partial charge in [0.05, 0.1) is 5.76 Å². The molecular weight excluding hydrogens is 412 g/mol. The van der Waals surface area contributed by atoms with Crippen molar-refractivity contribution in [3.8, 4) is 0 Å². The molecule has 0 bridgehead atoms. The summed E-state index contributed by atoms with van der Waals surface area (Å²) in [6.07, 6.45) is 3.37. The van der Waals surface area contributed by atoms with Gasteiger partial charge in [-0.15, -0.1) is 0 Å². The minimum Gasteiger partial charge on any atom is -0.512 e. The van der Waals surface area contributed by atoms with Crippen molar-refractivity contribution in [2.24, 2.45) is 5.73 Å². The zero-order valence-corrected chi connectivity index (χ0v) is 20.1. The Morgan fingerprint density at radius 1 is 1.31 bits per heavy atom. The Morgan fingerprint density at radius 2 is 1.97 bits per heavy atom. The maximum absolute atomic E-state index is 13.0. The molecule has 0 radical (unpaired) electrons. The quantitative estimate of drug-likeness (QED) is 0.297. The zero-order valence-electron chi connectivity index (χ0n) is 20.1. The van der Waals surface area contributed by atoms with Gasteiger partial charge in [-0.2, -0.15) is 0 Å². The number of ether oxygens (including phenoxy) is 1. The summed E-state index contributed by atoms with van der Waals surface area (Å²) in [5.74, 6) is -0.595. The lowest BCUT2D eigenvalue weighted by Gasteiger charge is -2.29. The Morgan fingerprint density at radius 3 is 2.53 bits per heavy atom. The van der Waals surface area contributed by atoms with Gasteiger partial charge in [-0.1, -0.05) is 12.7 Å². The number of amides is 3. The Bertz CT molecular complexity index is 714. The lowest BCUT2D eigenvalue weighted by Crippen LogP contribution is -2.54. The second-order valence-corrected chi connectivity index (χ2v) is 9.27. The molecule has 1 aliphatic rings. The van der Waals surface area contributed by atoms with Crippen molar-refractivity contribution in [1.82, 2.24) is 15.5 Å². The van der Waals surface area contributed by atoms with Crippen LogP contribution < -0.4 is 16.4 Å². The van der Waals surface area contributed by atoms with Crippen LogP contribution >= 0.6 is 0 Å². The first kappa shape index (κ1) is 27.5. The minimum absolute atomic E-state index is 0.148. The number of aliphatic hydroxyl groups is 1. The maximum Gasteiger partial charge on any atom is 0.410 e. The van der Waals surface area contributed by atoms with Gasteiger partial charge in [0, 0.05) is 19.0 Å². The zero-order chi connectivity index (χ0) is 24.5. The number of carbonyl (C=O) groups excluding carboxylic acids is 3. The van der Waals surface area contributed by atoms with Crippen molar-refractivity contribution in [2.45, 2.75) is 90.4 Å². The highest BCUT2D eigenvalue weighted by Gasteiger charge is 2.38. The number of hydrogen-bond acceptors (Lipinski definition) is 6. The topological polar surface area (TPSA) is 134 Å². The predicted octanol–water partition coefficient (Wildman–Crippen LogP) is 2.52. The summed E-state index contributed by atoms with van der Waals surface area (Å²) in [5, 5.41) is 15.7. The monoisotopic (exact) mass is 452 g/mol. The second kappa shape index (κ2) is 12.5. The summed E-state index contributed by atoms with van der Waals surface area (Å²) in [7, 11) is 0. The standard InChI is InChI=1S/C23H40N4O5/c1-7-15(2)19(28)14-16(3)25-20(29)17(10-8-12-24)26-21(30)18-11-9-13-27(18)22(31)32-23(4,5)6/h7,16-18,28H,1,8-14,24H2,2-6H3,(H,25,29)(H,26,30)/b19-15+/t16?,17-,18-/m0/s1. The Labute approximate surface area is 191 Å². The maximum atomic E-state index is 13.0. The van der Waals surface area contributed by atoms with Crippen LogP contribution in [0.5, 0.6) is 0 Å². The number of aliphatic hydroxyl groups excluding tert-OH is 1. The molecule has 1 heterocycles. The summed E-state index contributed by atoms with van der Waals surface area (Å²) in [6.45, 7) is 13.2. The highest BCUT2D eigenvalue weighted by atomic mass is 16.6. The second-order valence-electron chi connectivity index (χ2n) is 9.27. The van der Waals surface area contributed by atoms with E-state index in [1.54, 1.807) is 40.7 Å². The van der Waals surface area contributed by atoms with Gasteiger partial charge in [-0.05, 0) is 72.4 Å². The first-order valence-electron chi connectivity index (χ1n) is 11.2. The number of hydrogen-bond donors (Lipinski definition) is 4. The average molecular weight is 453 g/mol. The normalized spacial score (nSPS) is 18.9. The van der Waals surface area contributed by atoms with Crippen LogP contribution in [0.3, 0.4) is 0 Å². The largest absolute Gasteiger partial charge is 0.512 e. The van der Waals surface area contributed by atoms with E-state index < -0.39 is 23.8 Å². The summed E-state index contributed by atoms with van der Waals surface area (Å²) >= 11 is 0. The Balaban J connectivity index is 2.82. The molecule has 9 heteroatoms. The van der Waals surface area contributed by atoms with Crippen LogP contribution in [0, 0.1) is 0 Å². The first-order chi connectivity index (χ1) is 14.9. The number of rotatable bonds is 10. The summed E-state index contributed by atoms with van der Waals surface area (Å²) < 4.78 is 5.41. The van der Waals surface area contributed by atoms with E-state index in [1.807, 2.05) is 0 Å². The van der Waals surface area contributed by atoms with Crippen LogP contribution in [0.15, 0.2) is 24.0 Å². The van der Waals surface area contributed by atoms with Crippen LogP contribution in [0.4, 0.5) is 4.79 Å². The van der Waals surface area contributed by atoms with Crippen LogP contribution in [0.1, 0.15) is 66.7 Å². The predicted molar refractivity (Wildman–Crippen MR) is 124 cm³/mol. The molecule has 0 saturated carbocycles. The van der Waals surface area contributed by atoms with Crippen LogP contribution in [-0.4, -0.2) is 64.7 Å². The molecule has 1 fully saturated rings. The van der Waals surface area contributed by atoms with Gasteiger partial charge in [-0.3, -0.25) is 14.5 Å². The third kappa shape index (κ3) is 8.90. The molecule has 3 atom stereocenters. The van der Waals surface area contributed by atoms with Crippen LogP contribution in [0.2, 0.25) is 0 Å². The number of likely N-dealkylation sites (tertiary alicyclic amines) is 1. The molecule has 1 aliphatic heterocycles. The SMILES string of the molecule is C=C/C(C)=C(/O)CC(C)NC(=O)[C@H](CCCN)NC(=O)[C@@H]1CCCN1C(=O)OC(C)(C)C. The van der Waals surface area contributed by atoms with E-state index in [9.17, 15) is 19.5 Å². The van der Waals surface area contributed by atoms with Gasteiger partial charge in [-0.25, -0.2) is 4.79 Å². The van der Waals surface area contributed by atoms with Gasteiger partial charge < -0.3 is 26.2 Å². The van der Waals surface area contributed by atoms with Crippen molar-refractivity contribution < 1.29 is 24.2 Å². The molecule has 32 heavy (non-hydrogen) atoms. The van der Waals surface area contributed by atoms with Gasteiger partial charge in [0.15, 0.2) is 0 Å². The molecule has 9 nitrogen and oxygen atoms in total. The number of allylic oxidation sites excluding steroid dienone is 2. The molecule has 1 rings (SSSR count). The van der Waals surface area contributed by atoms with Crippen molar-refractivity contribution in [3.63, 3.8) is 0 Å². The summed E-state index contributed by atoms with van der Waals surface area (Å²) in [5.41, 5.74) is 5.58. The fourth-order valence-corrected chi connectivity index (χ4v) is 3.40. The third-order valence-electron chi connectivity index (χ3n) is 5.16. The molecule has 0 aromatic heterocycles. The smallest absolute Gasteiger partial charge is 0.410 e. The number of carbonyl (C=O) groups is 3. The van der Waals surface area contributed by atoms with Crippen molar-refractivity contribution in [3.05, 3.63) is 24.0 Å². The van der Waals surface area contributed by atoms with E-state index in [0.29, 0.717) is 44.3 Å². The van der Waals surface area contributed by atoms with E-state index in [-0.39, 0.29) is 30.0 Å². The minimum atomic E-state index is -0.791. The molecule has 0 aliphatic carbocycles. The molecule has 0 spiro atoms. The fourth-order valence-electron chi connectivity index (χ4n) is 3.40.